The van der Waals surface area contributed by atoms with E-state index in [-0.39, 0.29) is 0 Å². The number of para-hydroxylation sites is 2. The average Bonchev–Trinajstić information content (AvgIpc) is 2.84. The Bertz CT molecular complexity index is 1230. The molecular weight excluding hydrogens is 416 g/mol. The third-order valence-electron chi connectivity index (χ3n) is 6.83. The van der Waals surface area contributed by atoms with Crippen LogP contribution in [0.25, 0.3) is 21.8 Å². The van der Waals surface area contributed by atoms with E-state index in [9.17, 15) is 0 Å². The second kappa shape index (κ2) is 11.8. The molecule has 4 N–H and O–H groups in total. The van der Waals surface area contributed by atoms with Gasteiger partial charge >= 0.3 is 0 Å². The lowest BCUT2D eigenvalue weighted by Gasteiger charge is -2.08. The van der Waals surface area contributed by atoms with Crippen LogP contribution in [-0.2, 0) is 6.54 Å². The Morgan fingerprint density at radius 3 is 2.21 bits per heavy atom. The van der Waals surface area contributed by atoms with Crippen molar-refractivity contribution in [2.24, 2.45) is 0 Å². The van der Waals surface area contributed by atoms with Gasteiger partial charge in [-0.15, -0.1) is 0 Å². The molecule has 0 radical (unpaired) electrons. The van der Waals surface area contributed by atoms with Gasteiger partial charge in [-0.2, -0.15) is 4.57 Å². The molecule has 2 aromatic heterocycles. The van der Waals surface area contributed by atoms with Crippen LogP contribution in [0.15, 0.2) is 60.7 Å². The van der Waals surface area contributed by atoms with Gasteiger partial charge < -0.3 is 11.1 Å². The van der Waals surface area contributed by atoms with Crippen molar-refractivity contribution in [3.8, 4) is 0 Å². The number of hydrogen-bond acceptors (Lipinski definition) is 2. The lowest BCUT2D eigenvalue weighted by Crippen LogP contribution is -2.38. The van der Waals surface area contributed by atoms with Crippen LogP contribution in [0.5, 0.6) is 0 Å². The van der Waals surface area contributed by atoms with Crippen LogP contribution in [0.2, 0.25) is 0 Å². The topological polar surface area (TPSA) is 56.1 Å². The molecule has 0 bridgehead atoms. The third-order valence-corrected chi connectivity index (χ3v) is 6.83. The fourth-order valence-corrected chi connectivity index (χ4v) is 5.02. The molecule has 0 saturated carbocycles. The van der Waals surface area contributed by atoms with Gasteiger partial charge in [-0.05, 0) is 25.0 Å². The molecule has 0 aliphatic rings. The van der Waals surface area contributed by atoms with Gasteiger partial charge in [-0.1, -0.05) is 56.4 Å². The van der Waals surface area contributed by atoms with E-state index in [4.69, 9.17) is 5.73 Å². The van der Waals surface area contributed by atoms with E-state index in [0.29, 0.717) is 0 Å². The van der Waals surface area contributed by atoms with Crippen molar-refractivity contribution in [3.63, 3.8) is 0 Å². The third kappa shape index (κ3) is 6.05. The number of aromatic nitrogens is 2. The predicted octanol–water partition coefficient (Wildman–Crippen LogP) is 6.53. The number of nitrogens with two attached hydrogens (primary N) is 1. The molecule has 0 aliphatic carbocycles. The molecule has 2 heterocycles. The Balaban J connectivity index is 1.10. The summed E-state index contributed by atoms with van der Waals surface area (Å²) in [5.41, 5.74) is 13.2. The first-order valence-corrected chi connectivity index (χ1v) is 13.0. The van der Waals surface area contributed by atoms with Crippen molar-refractivity contribution in [2.45, 2.75) is 71.8 Å². The van der Waals surface area contributed by atoms with Crippen molar-refractivity contribution < 1.29 is 9.55 Å². The first-order chi connectivity index (χ1) is 16.6. The van der Waals surface area contributed by atoms with Gasteiger partial charge in [-0.25, -0.2) is 4.98 Å². The second-order valence-electron chi connectivity index (χ2n) is 9.58. The molecule has 4 heteroatoms. The van der Waals surface area contributed by atoms with Gasteiger partial charge in [0.05, 0.1) is 22.1 Å². The van der Waals surface area contributed by atoms with Crippen molar-refractivity contribution in [2.75, 3.05) is 17.6 Å². The second-order valence-corrected chi connectivity index (χ2v) is 9.58. The molecule has 0 saturated heterocycles. The summed E-state index contributed by atoms with van der Waals surface area (Å²) in [4.78, 5) is 3.44. The number of nitrogens with zero attached hydrogens (tertiary/aromatic N) is 1. The molecule has 34 heavy (non-hydrogen) atoms. The Morgan fingerprint density at radius 1 is 0.765 bits per heavy atom. The Kier molecular flexibility index (Phi) is 8.35. The smallest absolute Gasteiger partial charge is 0.214 e. The first kappa shape index (κ1) is 24.0. The Hall–Kier alpha value is -3.14. The molecule has 4 nitrogen and oxygen atoms in total. The van der Waals surface area contributed by atoms with E-state index in [2.05, 4.69) is 89.4 Å². The number of fused-ring (bicyclic) bond motifs is 2. The van der Waals surface area contributed by atoms with Crippen molar-refractivity contribution in [3.05, 3.63) is 72.1 Å². The van der Waals surface area contributed by atoms with Crippen molar-refractivity contribution in [1.29, 1.82) is 0 Å². The molecule has 4 rings (SSSR count). The summed E-state index contributed by atoms with van der Waals surface area (Å²) < 4.78 is 2.42. The maximum absolute atomic E-state index is 6.22. The fourth-order valence-electron chi connectivity index (χ4n) is 5.02. The quantitative estimate of drug-likeness (QED) is 0.188. The summed E-state index contributed by atoms with van der Waals surface area (Å²) in [6.45, 7) is 6.40. The van der Waals surface area contributed by atoms with Gasteiger partial charge in [0.1, 0.15) is 6.54 Å². The number of H-pyrrole nitrogens is 1. The van der Waals surface area contributed by atoms with E-state index >= 15 is 0 Å². The zero-order valence-electron chi connectivity index (χ0n) is 20.9. The van der Waals surface area contributed by atoms with Crippen LogP contribution in [0.3, 0.4) is 0 Å². The minimum absolute atomic E-state index is 0.880. The number of anilines is 2. The standard InChI is InChI=1S/C30H38N4/c1-23-21-29(26-16-9-11-17-28(26)33-23)32-19-13-7-5-3-4-6-8-14-20-34-24(2)22-27(31)25-15-10-12-18-30(25)34/h9-12,15-18,21-22,31H,3-8,13-14,19-20H2,1-2H3,(H,32,33)/p+2. The summed E-state index contributed by atoms with van der Waals surface area (Å²) in [7, 11) is 0. The SMILES string of the molecule is Cc1cc(NCCCCCCCCCC[n+]2c(C)cc(N)c3ccccc32)c2ccccc2[nH+]1. The number of rotatable bonds is 12. The van der Waals surface area contributed by atoms with Crippen LogP contribution in [0, 0.1) is 13.8 Å². The lowest BCUT2D eigenvalue weighted by atomic mass is 10.1. The van der Waals surface area contributed by atoms with Gasteiger partial charge in [0.2, 0.25) is 11.0 Å². The average molecular weight is 457 g/mol. The van der Waals surface area contributed by atoms with E-state index in [1.165, 1.54) is 84.9 Å². The predicted molar refractivity (Wildman–Crippen MR) is 144 cm³/mol. The van der Waals surface area contributed by atoms with Crippen molar-refractivity contribution in [1.82, 2.24) is 0 Å². The summed E-state index contributed by atoms with van der Waals surface area (Å²) in [5.74, 6) is 0. The number of hydrogen-bond donors (Lipinski definition) is 2. The number of aryl methyl sites for hydroxylation is 3. The highest BCUT2D eigenvalue weighted by Gasteiger charge is 2.14. The lowest BCUT2D eigenvalue weighted by molar-refractivity contribution is -0.677. The van der Waals surface area contributed by atoms with E-state index in [1.54, 1.807) is 0 Å². The molecule has 178 valence electrons. The highest BCUT2D eigenvalue weighted by molar-refractivity contribution is 5.89. The highest BCUT2D eigenvalue weighted by Crippen LogP contribution is 2.21. The summed E-state index contributed by atoms with van der Waals surface area (Å²) in [6, 6.07) is 21.3. The number of nitrogen functional groups attached to an aromatic ring is 1. The molecule has 4 aromatic rings. The largest absolute Gasteiger partial charge is 0.398 e. The van der Waals surface area contributed by atoms with Gasteiger partial charge in [0.25, 0.3) is 0 Å². The van der Waals surface area contributed by atoms with Crippen molar-refractivity contribution >= 4 is 33.2 Å². The van der Waals surface area contributed by atoms with E-state index < -0.39 is 0 Å². The van der Waals surface area contributed by atoms with Crippen LogP contribution in [0.1, 0.15) is 62.8 Å². The summed E-state index contributed by atoms with van der Waals surface area (Å²) in [5, 5.41) is 6.09. The minimum Gasteiger partial charge on any atom is -0.398 e. The van der Waals surface area contributed by atoms with E-state index in [1.807, 2.05) is 0 Å². The summed E-state index contributed by atoms with van der Waals surface area (Å²) >= 11 is 0. The van der Waals surface area contributed by atoms with Gasteiger partial charge in [0, 0.05) is 51.1 Å². The Morgan fingerprint density at radius 2 is 1.41 bits per heavy atom. The molecule has 2 aromatic carbocycles. The normalized spacial score (nSPS) is 11.4. The molecule has 0 amide bonds. The molecule has 0 aliphatic heterocycles. The summed E-state index contributed by atoms with van der Waals surface area (Å²) in [6.07, 6.45) is 10.4. The monoisotopic (exact) mass is 456 g/mol. The zero-order chi connectivity index (χ0) is 23.8. The van der Waals surface area contributed by atoms with Crippen LogP contribution < -0.4 is 20.6 Å². The molecule has 0 unspecified atom stereocenters. The molecule has 0 fully saturated rings. The number of unbranched alkanes of at least 4 members (excludes halogenated alkanes) is 7. The van der Waals surface area contributed by atoms with Gasteiger partial charge in [0.15, 0.2) is 11.4 Å². The number of aromatic amines is 1. The molecule has 0 spiro atoms. The maximum Gasteiger partial charge on any atom is 0.214 e. The first-order valence-electron chi connectivity index (χ1n) is 13.0. The maximum atomic E-state index is 6.22. The number of nitrogens with one attached hydrogen (secondary N) is 2. The molecule has 0 atom stereocenters. The van der Waals surface area contributed by atoms with Crippen LogP contribution >= 0.6 is 0 Å². The number of benzene rings is 2. The van der Waals surface area contributed by atoms with Crippen LogP contribution in [0.4, 0.5) is 11.4 Å². The molecular formula is C30H40N4+2. The van der Waals surface area contributed by atoms with E-state index in [0.717, 1.165) is 24.2 Å². The fraction of sp³-hybridized carbons (Fsp3) is 0.400. The minimum atomic E-state index is 0.880. The number of pyridine rings is 2. The highest BCUT2D eigenvalue weighted by atomic mass is 15.0. The zero-order valence-corrected chi connectivity index (χ0v) is 20.9. The van der Waals surface area contributed by atoms with Gasteiger partial charge in [-0.3, -0.25) is 0 Å². The Labute approximate surface area is 204 Å². The van der Waals surface area contributed by atoms with Crippen LogP contribution in [-0.4, -0.2) is 6.54 Å².